The quantitative estimate of drug-likeness (QED) is 0.636. The third-order valence-corrected chi connectivity index (χ3v) is 3.62. The van der Waals surface area contributed by atoms with Crippen LogP contribution in [0.1, 0.15) is 25.3 Å². The van der Waals surface area contributed by atoms with Gasteiger partial charge in [0, 0.05) is 33.4 Å². The molecule has 0 spiro atoms. The number of hydrogen-bond donors (Lipinski definition) is 1. The molecular formula is C17H29NO4. The smallest absolute Gasteiger partial charge is 0.161 e. The summed E-state index contributed by atoms with van der Waals surface area (Å²) < 4.78 is 15.7. The Morgan fingerprint density at radius 1 is 1.14 bits per heavy atom. The van der Waals surface area contributed by atoms with Crippen LogP contribution >= 0.6 is 0 Å². The summed E-state index contributed by atoms with van der Waals surface area (Å²) in [6.45, 7) is 5.04. The number of methoxy groups -OCH3 is 3. The molecule has 5 nitrogen and oxygen atoms in total. The third-order valence-electron chi connectivity index (χ3n) is 3.62. The zero-order chi connectivity index (χ0) is 16.4. The first-order valence-electron chi connectivity index (χ1n) is 7.74. The zero-order valence-electron chi connectivity index (χ0n) is 14.2. The molecule has 0 radical (unpaired) electrons. The van der Waals surface area contributed by atoms with Gasteiger partial charge < -0.3 is 19.3 Å². The molecule has 0 aliphatic carbocycles. The molecule has 1 aromatic carbocycles. The molecule has 0 saturated carbocycles. The number of aliphatic hydroxyl groups is 1. The number of nitrogens with zero attached hydrogens (tertiary/aromatic N) is 1. The number of rotatable bonds is 11. The minimum absolute atomic E-state index is 0.303. The van der Waals surface area contributed by atoms with Crippen LogP contribution in [-0.2, 0) is 11.3 Å². The second-order valence-electron chi connectivity index (χ2n) is 5.33. The molecule has 0 aromatic heterocycles. The first-order chi connectivity index (χ1) is 10.6. The van der Waals surface area contributed by atoms with E-state index >= 15 is 0 Å². The van der Waals surface area contributed by atoms with Crippen molar-refractivity contribution in [3.8, 4) is 11.5 Å². The highest BCUT2D eigenvalue weighted by Gasteiger charge is 2.12. The van der Waals surface area contributed by atoms with Gasteiger partial charge in [0.15, 0.2) is 11.5 Å². The molecule has 0 bridgehead atoms. The van der Waals surface area contributed by atoms with Crippen LogP contribution in [0.2, 0.25) is 0 Å². The highest BCUT2D eigenvalue weighted by Crippen LogP contribution is 2.28. The van der Waals surface area contributed by atoms with Gasteiger partial charge in [-0.2, -0.15) is 0 Å². The zero-order valence-corrected chi connectivity index (χ0v) is 14.2. The molecule has 0 amide bonds. The minimum Gasteiger partial charge on any atom is -0.493 e. The molecule has 1 rings (SSSR count). The van der Waals surface area contributed by atoms with E-state index in [0.29, 0.717) is 6.54 Å². The fourth-order valence-electron chi connectivity index (χ4n) is 2.33. The Labute approximate surface area is 133 Å². The van der Waals surface area contributed by atoms with Crippen molar-refractivity contribution in [2.24, 2.45) is 0 Å². The van der Waals surface area contributed by atoms with E-state index in [0.717, 1.165) is 49.6 Å². The molecule has 0 heterocycles. The molecule has 0 fully saturated rings. The van der Waals surface area contributed by atoms with Gasteiger partial charge in [0.25, 0.3) is 0 Å². The maximum absolute atomic E-state index is 9.93. The Hall–Kier alpha value is -1.30. The molecular weight excluding hydrogens is 282 g/mol. The predicted octanol–water partition coefficient (Wildman–Crippen LogP) is 2.31. The van der Waals surface area contributed by atoms with Gasteiger partial charge in [0.1, 0.15) is 0 Å². The highest BCUT2D eigenvalue weighted by molar-refractivity contribution is 5.42. The second kappa shape index (κ2) is 10.4. The van der Waals surface area contributed by atoms with Crippen LogP contribution in [0.3, 0.4) is 0 Å². The first-order valence-corrected chi connectivity index (χ1v) is 7.74. The van der Waals surface area contributed by atoms with Gasteiger partial charge in [-0.05, 0) is 30.5 Å². The summed E-state index contributed by atoms with van der Waals surface area (Å²) in [5.41, 5.74) is 1.14. The van der Waals surface area contributed by atoms with Gasteiger partial charge in [0.05, 0.1) is 20.3 Å². The number of hydrogen-bond acceptors (Lipinski definition) is 5. The average molecular weight is 311 g/mol. The average Bonchev–Trinajstić information content (AvgIpc) is 2.54. The molecule has 1 aromatic rings. The Kier molecular flexibility index (Phi) is 8.89. The van der Waals surface area contributed by atoms with Crippen molar-refractivity contribution in [1.82, 2.24) is 4.90 Å². The van der Waals surface area contributed by atoms with Crippen molar-refractivity contribution in [1.29, 1.82) is 0 Å². The summed E-state index contributed by atoms with van der Waals surface area (Å²) in [6.07, 6.45) is 1.40. The lowest BCUT2D eigenvalue weighted by Gasteiger charge is -2.25. The lowest BCUT2D eigenvalue weighted by Crippen LogP contribution is -2.33. The Bertz CT molecular complexity index is 425. The molecule has 22 heavy (non-hydrogen) atoms. The van der Waals surface area contributed by atoms with Crippen LogP contribution in [0.25, 0.3) is 0 Å². The lowest BCUT2D eigenvalue weighted by atomic mass is 10.1. The van der Waals surface area contributed by atoms with E-state index in [1.54, 1.807) is 21.3 Å². The summed E-state index contributed by atoms with van der Waals surface area (Å²) in [7, 11) is 4.98. The highest BCUT2D eigenvalue weighted by atomic mass is 16.5. The largest absolute Gasteiger partial charge is 0.493 e. The van der Waals surface area contributed by atoms with E-state index in [1.165, 1.54) is 0 Å². The van der Waals surface area contributed by atoms with Crippen LogP contribution in [0.15, 0.2) is 18.2 Å². The predicted molar refractivity (Wildman–Crippen MR) is 87.6 cm³/mol. The summed E-state index contributed by atoms with van der Waals surface area (Å²) in [4.78, 5) is 2.24. The summed E-state index contributed by atoms with van der Waals surface area (Å²) >= 11 is 0. The van der Waals surface area contributed by atoms with E-state index in [-0.39, 0.29) is 6.10 Å². The normalized spacial score (nSPS) is 12.5. The SMILES string of the molecule is CCC(O)CN(CCCOC)Cc1ccc(OC)c(OC)c1. The van der Waals surface area contributed by atoms with Gasteiger partial charge >= 0.3 is 0 Å². The third kappa shape index (κ3) is 6.22. The van der Waals surface area contributed by atoms with Crippen LogP contribution in [0.4, 0.5) is 0 Å². The monoisotopic (exact) mass is 311 g/mol. The summed E-state index contributed by atoms with van der Waals surface area (Å²) in [5.74, 6) is 1.46. The summed E-state index contributed by atoms with van der Waals surface area (Å²) in [5, 5.41) is 9.93. The van der Waals surface area contributed by atoms with E-state index in [1.807, 2.05) is 25.1 Å². The first kappa shape index (κ1) is 18.7. The molecule has 1 atom stereocenters. The van der Waals surface area contributed by atoms with Crippen molar-refractivity contribution >= 4 is 0 Å². The number of aliphatic hydroxyl groups excluding tert-OH is 1. The van der Waals surface area contributed by atoms with E-state index < -0.39 is 0 Å². The summed E-state index contributed by atoms with van der Waals surface area (Å²) in [6, 6.07) is 5.93. The lowest BCUT2D eigenvalue weighted by molar-refractivity contribution is 0.0967. The van der Waals surface area contributed by atoms with Crippen molar-refractivity contribution in [3.63, 3.8) is 0 Å². The van der Waals surface area contributed by atoms with Crippen molar-refractivity contribution in [3.05, 3.63) is 23.8 Å². The van der Waals surface area contributed by atoms with Crippen LogP contribution in [-0.4, -0.2) is 57.1 Å². The molecule has 0 saturated heterocycles. The topological polar surface area (TPSA) is 51.2 Å². The molecule has 5 heteroatoms. The van der Waals surface area contributed by atoms with Crippen molar-refractivity contribution in [2.75, 3.05) is 41.0 Å². The Morgan fingerprint density at radius 3 is 2.45 bits per heavy atom. The molecule has 1 N–H and O–H groups in total. The van der Waals surface area contributed by atoms with Crippen LogP contribution < -0.4 is 9.47 Å². The Morgan fingerprint density at radius 2 is 1.86 bits per heavy atom. The maximum Gasteiger partial charge on any atom is 0.161 e. The van der Waals surface area contributed by atoms with Gasteiger partial charge in [-0.1, -0.05) is 13.0 Å². The molecule has 126 valence electrons. The standard InChI is InChI=1S/C17H29NO4/c1-5-15(19)13-18(9-6-10-20-2)12-14-7-8-16(21-3)17(11-14)22-4/h7-8,11,15,19H,5-6,9-10,12-13H2,1-4H3. The molecule has 0 aliphatic rings. The van der Waals surface area contributed by atoms with E-state index in [4.69, 9.17) is 14.2 Å². The van der Waals surface area contributed by atoms with Gasteiger partial charge in [0.2, 0.25) is 0 Å². The van der Waals surface area contributed by atoms with Crippen LogP contribution in [0, 0.1) is 0 Å². The van der Waals surface area contributed by atoms with Gasteiger partial charge in [-0.15, -0.1) is 0 Å². The second-order valence-corrected chi connectivity index (χ2v) is 5.33. The molecule has 0 aliphatic heterocycles. The van der Waals surface area contributed by atoms with Crippen molar-refractivity contribution < 1.29 is 19.3 Å². The fraction of sp³-hybridized carbons (Fsp3) is 0.647. The van der Waals surface area contributed by atoms with Gasteiger partial charge in [-0.3, -0.25) is 4.90 Å². The fourth-order valence-corrected chi connectivity index (χ4v) is 2.33. The Balaban J connectivity index is 2.74. The van der Waals surface area contributed by atoms with Gasteiger partial charge in [-0.25, -0.2) is 0 Å². The number of benzene rings is 1. The van der Waals surface area contributed by atoms with Crippen LogP contribution in [0.5, 0.6) is 11.5 Å². The molecule has 1 unspecified atom stereocenters. The van der Waals surface area contributed by atoms with E-state index in [9.17, 15) is 5.11 Å². The maximum atomic E-state index is 9.93. The minimum atomic E-state index is -0.303. The number of ether oxygens (including phenoxy) is 3. The van der Waals surface area contributed by atoms with E-state index in [2.05, 4.69) is 4.90 Å². The van der Waals surface area contributed by atoms with Crippen molar-refractivity contribution in [2.45, 2.75) is 32.4 Å².